The Kier molecular flexibility index (Phi) is 4.90. The van der Waals surface area contributed by atoms with Crippen molar-refractivity contribution in [3.8, 4) is 0 Å². The van der Waals surface area contributed by atoms with Gasteiger partial charge in [0.2, 0.25) is 11.0 Å². The van der Waals surface area contributed by atoms with Crippen molar-refractivity contribution in [1.82, 2.24) is 19.7 Å². The number of nitrogens with zero attached hydrogens (tertiary/aromatic N) is 5. The van der Waals surface area contributed by atoms with Crippen LogP contribution in [0, 0.1) is 10.9 Å². The van der Waals surface area contributed by atoms with Crippen molar-refractivity contribution in [2.45, 2.75) is 45.9 Å². The van der Waals surface area contributed by atoms with E-state index in [2.05, 4.69) is 20.4 Å². The topological polar surface area (TPSA) is 54.3 Å². The molecule has 3 rings (SSSR count). The van der Waals surface area contributed by atoms with Crippen molar-refractivity contribution < 1.29 is 4.79 Å². The lowest BCUT2D eigenvalue weighted by atomic mass is 10.4. The third-order valence-corrected chi connectivity index (χ3v) is 5.66. The van der Waals surface area contributed by atoms with Crippen LogP contribution < -0.4 is 4.90 Å². The number of aromatic nitrogens is 3. The lowest BCUT2D eigenvalue weighted by Gasteiger charge is -2.17. The third-order valence-electron chi connectivity index (χ3n) is 3.53. The third kappa shape index (κ3) is 4.03. The Morgan fingerprint density at radius 2 is 2.26 bits per heavy atom. The molecule has 1 aliphatic carbocycles. The number of amides is 1. The Morgan fingerprint density at radius 1 is 1.52 bits per heavy atom. The van der Waals surface area contributed by atoms with Crippen molar-refractivity contribution in [1.29, 1.82) is 0 Å². The molecule has 0 N–H and O–H groups in total. The lowest BCUT2D eigenvalue weighted by Crippen LogP contribution is -2.31. The molecule has 0 atom stereocenters. The molecular formula is C14H19N5OS3. The maximum absolute atomic E-state index is 11.8. The van der Waals surface area contributed by atoms with Gasteiger partial charge in [0.1, 0.15) is 0 Å². The summed E-state index contributed by atoms with van der Waals surface area (Å²) >= 11 is 8.47. The van der Waals surface area contributed by atoms with Crippen molar-refractivity contribution >= 4 is 45.9 Å². The molecule has 6 nitrogen and oxygen atoms in total. The molecule has 1 saturated carbocycles. The molecule has 1 fully saturated rings. The molecule has 0 bridgehead atoms. The van der Waals surface area contributed by atoms with E-state index in [1.807, 2.05) is 14.0 Å². The zero-order valence-electron chi connectivity index (χ0n) is 13.4. The predicted molar refractivity (Wildman–Crippen MR) is 95.4 cm³/mol. The average Bonchev–Trinajstić information content (AvgIpc) is 3.10. The molecule has 2 aromatic heterocycles. The van der Waals surface area contributed by atoms with Crippen LogP contribution in [0.15, 0.2) is 5.38 Å². The van der Waals surface area contributed by atoms with E-state index >= 15 is 0 Å². The molecule has 2 heterocycles. The highest BCUT2D eigenvalue weighted by Crippen LogP contribution is 2.33. The fourth-order valence-corrected chi connectivity index (χ4v) is 4.20. The van der Waals surface area contributed by atoms with Crippen LogP contribution in [-0.2, 0) is 18.0 Å². The van der Waals surface area contributed by atoms with Crippen LogP contribution in [0.1, 0.15) is 30.5 Å². The number of rotatable bonds is 6. The molecule has 1 amide bonds. The van der Waals surface area contributed by atoms with Crippen LogP contribution in [-0.4, -0.2) is 38.7 Å². The van der Waals surface area contributed by atoms with Gasteiger partial charge in [-0.15, -0.1) is 16.4 Å². The monoisotopic (exact) mass is 369 g/mol. The molecule has 124 valence electrons. The van der Waals surface area contributed by atoms with E-state index in [-0.39, 0.29) is 5.91 Å². The maximum atomic E-state index is 11.8. The van der Waals surface area contributed by atoms with Crippen LogP contribution in [0.4, 0.5) is 5.13 Å². The second-order valence-corrected chi connectivity index (χ2v) is 8.45. The van der Waals surface area contributed by atoms with Gasteiger partial charge in [-0.25, -0.2) is 9.67 Å². The van der Waals surface area contributed by atoms with Gasteiger partial charge in [-0.05, 0) is 39.0 Å². The normalized spacial score (nSPS) is 14.4. The largest absolute Gasteiger partial charge is 0.284 e. The minimum atomic E-state index is 0.0368. The number of hydrogen-bond donors (Lipinski definition) is 0. The van der Waals surface area contributed by atoms with Gasteiger partial charge in [0.25, 0.3) is 0 Å². The van der Waals surface area contributed by atoms with Crippen LogP contribution in [0.5, 0.6) is 0 Å². The maximum Gasteiger partial charge on any atom is 0.225 e. The van der Waals surface area contributed by atoms with Gasteiger partial charge in [0.15, 0.2) is 3.95 Å². The number of hydrogen-bond acceptors (Lipinski definition) is 7. The summed E-state index contributed by atoms with van der Waals surface area (Å²) in [5.41, 5.74) is 1.06. The minimum absolute atomic E-state index is 0.0368. The highest BCUT2D eigenvalue weighted by Gasteiger charge is 2.34. The summed E-state index contributed by atoms with van der Waals surface area (Å²) in [6, 6.07) is 0.303. The Balaban J connectivity index is 1.70. The van der Waals surface area contributed by atoms with Crippen LogP contribution in [0.25, 0.3) is 0 Å². The Morgan fingerprint density at radius 3 is 2.83 bits per heavy atom. The van der Waals surface area contributed by atoms with Gasteiger partial charge in [0.05, 0.1) is 17.4 Å². The molecule has 0 unspecified atom stereocenters. The van der Waals surface area contributed by atoms with Crippen molar-refractivity contribution in [2.24, 2.45) is 0 Å². The molecule has 0 aliphatic heterocycles. The van der Waals surface area contributed by atoms with E-state index in [4.69, 9.17) is 12.2 Å². The second kappa shape index (κ2) is 6.76. The van der Waals surface area contributed by atoms with Gasteiger partial charge < -0.3 is 0 Å². The quantitative estimate of drug-likeness (QED) is 0.733. The zero-order valence-corrected chi connectivity index (χ0v) is 15.8. The molecule has 1 aliphatic rings. The minimum Gasteiger partial charge on any atom is -0.284 e. The second-order valence-electron chi connectivity index (χ2n) is 5.78. The van der Waals surface area contributed by atoms with E-state index in [1.54, 1.807) is 27.8 Å². The summed E-state index contributed by atoms with van der Waals surface area (Å²) in [7, 11) is 2.01. The smallest absolute Gasteiger partial charge is 0.225 e. The van der Waals surface area contributed by atoms with Gasteiger partial charge in [-0.3, -0.25) is 14.6 Å². The standard InChI is InChI=1S/C14H19N5OS3/c1-9-15-11(7-22-9)6-17(3)8-18-14(21)23-13(16-18)19(10(2)20)12-4-5-12/h7,12H,4-6,8H2,1-3H3. The van der Waals surface area contributed by atoms with E-state index in [9.17, 15) is 4.79 Å². The predicted octanol–water partition coefficient (Wildman–Crippen LogP) is 3.04. The van der Waals surface area contributed by atoms with Crippen LogP contribution >= 0.6 is 34.9 Å². The summed E-state index contributed by atoms with van der Waals surface area (Å²) in [4.78, 5) is 20.2. The van der Waals surface area contributed by atoms with E-state index in [0.717, 1.165) is 30.1 Å². The summed E-state index contributed by atoms with van der Waals surface area (Å²) in [6.45, 7) is 4.93. The van der Waals surface area contributed by atoms with E-state index in [1.165, 1.54) is 11.3 Å². The number of anilines is 1. The molecular weight excluding hydrogens is 350 g/mol. The summed E-state index contributed by atoms with van der Waals surface area (Å²) in [5, 5.41) is 8.41. The number of thiazole rings is 1. The molecule has 0 aromatic carbocycles. The molecule has 0 saturated heterocycles. The highest BCUT2D eigenvalue weighted by atomic mass is 32.1. The number of carbonyl (C=O) groups excluding carboxylic acids is 1. The van der Waals surface area contributed by atoms with Crippen molar-refractivity contribution in [3.05, 3.63) is 20.0 Å². The van der Waals surface area contributed by atoms with E-state index in [0.29, 0.717) is 21.8 Å². The molecule has 9 heteroatoms. The van der Waals surface area contributed by atoms with Crippen LogP contribution in [0.3, 0.4) is 0 Å². The molecule has 23 heavy (non-hydrogen) atoms. The van der Waals surface area contributed by atoms with Gasteiger partial charge in [-0.2, -0.15) is 0 Å². The fourth-order valence-electron chi connectivity index (χ4n) is 2.40. The molecule has 0 spiro atoms. The van der Waals surface area contributed by atoms with Gasteiger partial charge >= 0.3 is 0 Å². The Labute approximate surface area is 148 Å². The van der Waals surface area contributed by atoms with Crippen molar-refractivity contribution in [2.75, 3.05) is 11.9 Å². The SMILES string of the molecule is CC(=O)N(c1nn(CN(C)Cc2csc(C)n2)c(=S)s1)C1CC1. The summed E-state index contributed by atoms with van der Waals surface area (Å²) in [6.07, 6.45) is 2.10. The zero-order chi connectivity index (χ0) is 16.6. The average molecular weight is 370 g/mol. The van der Waals surface area contributed by atoms with E-state index < -0.39 is 0 Å². The first-order valence-electron chi connectivity index (χ1n) is 7.41. The first kappa shape index (κ1) is 16.7. The number of aryl methyl sites for hydroxylation is 1. The van der Waals surface area contributed by atoms with Gasteiger partial charge in [-0.1, -0.05) is 11.3 Å². The fraction of sp³-hybridized carbons (Fsp3) is 0.571. The first-order chi connectivity index (χ1) is 10.9. The first-order valence-corrected chi connectivity index (χ1v) is 9.52. The summed E-state index contributed by atoms with van der Waals surface area (Å²) in [5.74, 6) is 0.0368. The Bertz CT molecular complexity index is 761. The molecule has 0 radical (unpaired) electrons. The lowest BCUT2D eigenvalue weighted by molar-refractivity contribution is -0.116. The number of carbonyl (C=O) groups is 1. The van der Waals surface area contributed by atoms with Crippen molar-refractivity contribution in [3.63, 3.8) is 0 Å². The summed E-state index contributed by atoms with van der Waals surface area (Å²) < 4.78 is 2.47. The van der Waals surface area contributed by atoms with Crippen LogP contribution in [0.2, 0.25) is 0 Å². The van der Waals surface area contributed by atoms with Gasteiger partial charge in [0, 0.05) is 24.9 Å². The Hall–Kier alpha value is -1.16. The highest BCUT2D eigenvalue weighted by molar-refractivity contribution is 7.73. The molecule has 2 aromatic rings.